The van der Waals surface area contributed by atoms with Gasteiger partial charge in [-0.05, 0) is 24.6 Å². The van der Waals surface area contributed by atoms with Crippen LogP contribution in [0.15, 0.2) is 17.0 Å². The molecule has 0 spiro atoms. The number of aryl methyl sites for hydroxylation is 1. The van der Waals surface area contributed by atoms with Crippen LogP contribution >= 0.6 is 23.2 Å². The molecular weight excluding hydrogens is 319 g/mol. The minimum Gasteiger partial charge on any atom is -0.210 e. The monoisotopic (exact) mass is 329 g/mol. The van der Waals surface area contributed by atoms with Crippen LogP contribution in [0.3, 0.4) is 0 Å². The molecule has 1 aliphatic heterocycles. The highest BCUT2D eigenvalue weighted by molar-refractivity contribution is 7.89. The third-order valence-electron chi connectivity index (χ3n) is 3.06. The van der Waals surface area contributed by atoms with Gasteiger partial charge in [-0.25, -0.2) is 17.2 Å². The predicted octanol–water partition coefficient (Wildman–Crippen LogP) is 3.19. The molecule has 0 aromatic heterocycles. The highest BCUT2D eigenvalue weighted by atomic mass is 35.5. The van der Waals surface area contributed by atoms with Crippen LogP contribution in [0.2, 0.25) is 10.0 Å². The lowest BCUT2D eigenvalue weighted by Crippen LogP contribution is -2.52. The molecule has 0 radical (unpaired) electrons. The summed E-state index contributed by atoms with van der Waals surface area (Å²) >= 11 is 11.7. The minimum absolute atomic E-state index is 0.00361. The first-order valence-corrected chi connectivity index (χ1v) is 7.67. The average molecular weight is 330 g/mol. The van der Waals surface area contributed by atoms with E-state index in [4.69, 9.17) is 23.2 Å². The molecule has 0 aliphatic carbocycles. The SMILES string of the molecule is Cc1cc(S(=O)(=O)N2CC(C(F)F)C2)c(Cl)cc1Cl. The maximum atomic E-state index is 12.4. The Hall–Kier alpha value is -0.430. The molecular formula is C11H11Cl2F2NO2S. The van der Waals surface area contributed by atoms with Crippen LogP contribution in [0.4, 0.5) is 8.78 Å². The number of hydrogen-bond acceptors (Lipinski definition) is 2. The van der Waals surface area contributed by atoms with Gasteiger partial charge in [-0.15, -0.1) is 0 Å². The summed E-state index contributed by atoms with van der Waals surface area (Å²) in [7, 11) is -3.83. The second-order valence-corrected chi connectivity index (χ2v) is 7.17. The molecule has 3 nitrogen and oxygen atoms in total. The largest absolute Gasteiger partial charge is 0.244 e. The highest BCUT2D eigenvalue weighted by Crippen LogP contribution is 2.34. The Morgan fingerprint density at radius 2 is 1.84 bits per heavy atom. The van der Waals surface area contributed by atoms with E-state index in [0.717, 1.165) is 4.31 Å². The first-order chi connectivity index (χ1) is 8.73. The van der Waals surface area contributed by atoms with Crippen molar-refractivity contribution < 1.29 is 17.2 Å². The molecule has 0 saturated carbocycles. The quantitative estimate of drug-likeness (QED) is 0.854. The van der Waals surface area contributed by atoms with Gasteiger partial charge in [0.2, 0.25) is 16.4 Å². The van der Waals surface area contributed by atoms with Gasteiger partial charge in [-0.1, -0.05) is 23.2 Å². The molecule has 1 heterocycles. The maximum Gasteiger partial charge on any atom is 0.244 e. The number of rotatable bonds is 3. The first-order valence-electron chi connectivity index (χ1n) is 5.47. The number of hydrogen-bond donors (Lipinski definition) is 0. The van der Waals surface area contributed by atoms with Gasteiger partial charge in [-0.2, -0.15) is 4.31 Å². The molecule has 0 amide bonds. The van der Waals surface area contributed by atoms with Gasteiger partial charge in [-0.3, -0.25) is 0 Å². The van der Waals surface area contributed by atoms with Crippen molar-refractivity contribution >= 4 is 33.2 Å². The number of halogens is 4. The Labute approximate surface area is 120 Å². The summed E-state index contributed by atoms with van der Waals surface area (Å²) in [6, 6.07) is 2.70. The molecule has 106 valence electrons. The fraction of sp³-hybridized carbons (Fsp3) is 0.455. The van der Waals surface area contributed by atoms with Crippen LogP contribution in [0.25, 0.3) is 0 Å². The second-order valence-electron chi connectivity index (χ2n) is 4.45. The van der Waals surface area contributed by atoms with Gasteiger partial charge in [0.05, 0.1) is 5.02 Å². The van der Waals surface area contributed by atoms with Crippen molar-refractivity contribution in [2.75, 3.05) is 13.1 Å². The summed E-state index contributed by atoms with van der Waals surface area (Å²) in [5.41, 5.74) is 0.565. The van der Waals surface area contributed by atoms with Crippen LogP contribution in [0.1, 0.15) is 5.56 Å². The highest BCUT2D eigenvalue weighted by Gasteiger charge is 2.41. The summed E-state index contributed by atoms with van der Waals surface area (Å²) in [5.74, 6) is -0.901. The molecule has 0 bridgehead atoms. The van der Waals surface area contributed by atoms with Gasteiger partial charge in [0, 0.05) is 24.0 Å². The molecule has 8 heteroatoms. The van der Waals surface area contributed by atoms with E-state index < -0.39 is 22.4 Å². The smallest absolute Gasteiger partial charge is 0.210 e. The van der Waals surface area contributed by atoms with Crippen LogP contribution in [-0.4, -0.2) is 32.2 Å². The zero-order valence-electron chi connectivity index (χ0n) is 9.91. The number of alkyl halides is 2. The molecule has 0 N–H and O–H groups in total. The standard InChI is InChI=1S/C11H11Cl2F2NO2S/c1-6-2-10(9(13)3-8(6)12)19(17,18)16-4-7(5-16)11(14)15/h2-3,7,11H,4-5H2,1H3. The zero-order chi connectivity index (χ0) is 14.4. The van der Waals surface area contributed by atoms with Crippen molar-refractivity contribution in [3.63, 3.8) is 0 Å². The fourth-order valence-corrected chi connectivity index (χ4v) is 4.15. The lowest BCUT2D eigenvalue weighted by Gasteiger charge is -2.37. The Balaban J connectivity index is 2.29. The average Bonchev–Trinajstić information content (AvgIpc) is 2.19. The van der Waals surface area contributed by atoms with Crippen LogP contribution < -0.4 is 0 Å². The number of nitrogens with zero attached hydrogens (tertiary/aromatic N) is 1. The zero-order valence-corrected chi connectivity index (χ0v) is 12.2. The topological polar surface area (TPSA) is 37.4 Å². The number of benzene rings is 1. The summed E-state index contributed by atoms with van der Waals surface area (Å²) in [6.45, 7) is 1.28. The molecule has 1 aromatic carbocycles. The molecule has 1 aliphatic rings. The van der Waals surface area contributed by atoms with E-state index in [1.165, 1.54) is 12.1 Å². The van der Waals surface area contributed by atoms with Gasteiger partial charge in [0.1, 0.15) is 4.90 Å². The lowest BCUT2D eigenvalue weighted by molar-refractivity contribution is 0.0123. The normalized spacial score (nSPS) is 17.8. The molecule has 1 saturated heterocycles. The Morgan fingerprint density at radius 3 is 2.37 bits per heavy atom. The Bertz CT molecular complexity index is 601. The molecule has 0 unspecified atom stereocenters. The van der Waals surface area contributed by atoms with E-state index in [0.29, 0.717) is 10.6 Å². The lowest BCUT2D eigenvalue weighted by atomic mass is 10.1. The van der Waals surface area contributed by atoms with E-state index in [1.807, 2.05) is 0 Å². The molecule has 2 rings (SSSR count). The molecule has 1 fully saturated rings. The summed E-state index contributed by atoms with van der Waals surface area (Å²) in [5, 5.41) is 0.356. The van der Waals surface area contributed by atoms with Crippen LogP contribution in [-0.2, 0) is 10.0 Å². The summed E-state index contributed by atoms with van der Waals surface area (Å²) < 4.78 is 50.2. The van der Waals surface area contributed by atoms with Crippen molar-refractivity contribution in [1.29, 1.82) is 0 Å². The molecule has 1 aromatic rings. The van der Waals surface area contributed by atoms with Crippen molar-refractivity contribution in [2.24, 2.45) is 5.92 Å². The van der Waals surface area contributed by atoms with E-state index >= 15 is 0 Å². The maximum absolute atomic E-state index is 12.4. The van der Waals surface area contributed by atoms with E-state index in [-0.39, 0.29) is 23.0 Å². The first kappa shape index (κ1) is 15.0. The molecule has 0 atom stereocenters. The minimum atomic E-state index is -3.83. The van der Waals surface area contributed by atoms with Gasteiger partial charge < -0.3 is 0 Å². The fourth-order valence-electron chi connectivity index (χ4n) is 1.79. The van der Waals surface area contributed by atoms with Crippen molar-refractivity contribution in [1.82, 2.24) is 4.31 Å². The summed E-state index contributed by atoms with van der Waals surface area (Å²) in [6.07, 6.45) is -2.51. The van der Waals surface area contributed by atoms with E-state index in [2.05, 4.69) is 0 Å². The second kappa shape index (κ2) is 5.16. The summed E-state index contributed by atoms with van der Waals surface area (Å²) in [4.78, 5) is -0.0937. The number of sulfonamides is 1. The Kier molecular flexibility index (Phi) is 4.07. The Morgan fingerprint density at radius 1 is 1.26 bits per heavy atom. The third-order valence-corrected chi connectivity index (χ3v) is 5.77. The van der Waals surface area contributed by atoms with Crippen molar-refractivity contribution in [3.05, 3.63) is 27.7 Å². The molecule has 19 heavy (non-hydrogen) atoms. The van der Waals surface area contributed by atoms with Crippen LogP contribution in [0.5, 0.6) is 0 Å². The van der Waals surface area contributed by atoms with Gasteiger partial charge in [0.25, 0.3) is 0 Å². The van der Waals surface area contributed by atoms with Gasteiger partial charge >= 0.3 is 0 Å². The van der Waals surface area contributed by atoms with Crippen LogP contribution in [0, 0.1) is 12.8 Å². The third kappa shape index (κ3) is 2.72. The van der Waals surface area contributed by atoms with E-state index in [1.54, 1.807) is 6.92 Å². The van der Waals surface area contributed by atoms with Crippen molar-refractivity contribution in [3.8, 4) is 0 Å². The predicted molar refractivity (Wildman–Crippen MR) is 69.5 cm³/mol. The van der Waals surface area contributed by atoms with Crippen molar-refractivity contribution in [2.45, 2.75) is 18.2 Å². The van der Waals surface area contributed by atoms with Gasteiger partial charge in [0.15, 0.2) is 0 Å². The van der Waals surface area contributed by atoms with E-state index in [9.17, 15) is 17.2 Å².